The highest BCUT2D eigenvalue weighted by molar-refractivity contribution is 4.91. The molecule has 4 unspecified atom stereocenters. The van der Waals surface area contributed by atoms with E-state index in [4.69, 9.17) is 14.2 Å². The summed E-state index contributed by atoms with van der Waals surface area (Å²) in [6.07, 6.45) is -9.75. The third-order valence-corrected chi connectivity index (χ3v) is 3.82. The molecule has 0 aromatic rings. The Balaban J connectivity index is 2.04. The molecule has 5 N–H and O–H groups in total. The first-order chi connectivity index (χ1) is 9.32. The Morgan fingerprint density at radius 3 is 2.15 bits per heavy atom. The predicted molar refractivity (Wildman–Crippen MR) is 64.7 cm³/mol. The predicted octanol–water partition coefficient (Wildman–Crippen LogP) is -2.66. The van der Waals surface area contributed by atoms with Crippen LogP contribution in [0, 0.1) is 0 Å². The maximum absolute atomic E-state index is 9.90. The van der Waals surface area contributed by atoms with Crippen LogP contribution in [0.4, 0.5) is 0 Å². The van der Waals surface area contributed by atoms with Gasteiger partial charge in [-0.05, 0) is 13.8 Å². The maximum Gasteiger partial charge on any atom is 0.187 e. The summed E-state index contributed by atoms with van der Waals surface area (Å²) in [5, 5.41) is 48.6. The highest BCUT2D eigenvalue weighted by atomic mass is 16.7. The van der Waals surface area contributed by atoms with Crippen LogP contribution in [0.5, 0.6) is 0 Å². The van der Waals surface area contributed by atoms with Crippen LogP contribution in [0.3, 0.4) is 0 Å². The van der Waals surface area contributed by atoms with Crippen LogP contribution in [-0.2, 0) is 14.2 Å². The standard InChI is InChI=1S/C12H22O8/c1-4-7(14)9(16)10(17)12(19-4)20-11-5(2)18-3-6(13)8(11)15/h4-17H,3H2,1-2H3/t4?,5-,6-,7?,8+,9-,10-,11?,12?/m0/s1. The lowest BCUT2D eigenvalue weighted by Crippen LogP contribution is -2.61. The van der Waals surface area contributed by atoms with Gasteiger partial charge in [0.15, 0.2) is 6.29 Å². The van der Waals surface area contributed by atoms with Crippen molar-refractivity contribution in [3.63, 3.8) is 0 Å². The summed E-state index contributed by atoms with van der Waals surface area (Å²) in [6.45, 7) is 3.18. The average molecular weight is 294 g/mol. The summed E-state index contributed by atoms with van der Waals surface area (Å²) in [6, 6.07) is 0. The number of aliphatic hydroxyl groups excluding tert-OH is 5. The molecule has 118 valence electrons. The Morgan fingerprint density at radius 1 is 0.850 bits per heavy atom. The molecule has 2 aliphatic heterocycles. The van der Waals surface area contributed by atoms with E-state index in [2.05, 4.69) is 0 Å². The number of hydrogen-bond acceptors (Lipinski definition) is 8. The Kier molecular flexibility index (Phi) is 4.98. The van der Waals surface area contributed by atoms with E-state index in [-0.39, 0.29) is 6.61 Å². The molecule has 20 heavy (non-hydrogen) atoms. The highest BCUT2D eigenvalue weighted by Crippen LogP contribution is 2.26. The van der Waals surface area contributed by atoms with Gasteiger partial charge in [-0.1, -0.05) is 0 Å². The van der Waals surface area contributed by atoms with E-state index in [1.54, 1.807) is 6.92 Å². The molecule has 0 radical (unpaired) electrons. The quantitative estimate of drug-likeness (QED) is 0.373. The molecule has 2 rings (SSSR count). The number of ether oxygens (including phenoxy) is 3. The number of aliphatic hydroxyl groups is 5. The fourth-order valence-electron chi connectivity index (χ4n) is 2.41. The molecule has 2 saturated heterocycles. The zero-order valence-electron chi connectivity index (χ0n) is 11.4. The summed E-state index contributed by atoms with van der Waals surface area (Å²) in [5.74, 6) is 0. The molecule has 0 bridgehead atoms. The van der Waals surface area contributed by atoms with Gasteiger partial charge in [0, 0.05) is 0 Å². The van der Waals surface area contributed by atoms with Gasteiger partial charge in [0.1, 0.15) is 36.6 Å². The molecule has 0 amide bonds. The van der Waals surface area contributed by atoms with Gasteiger partial charge in [-0.25, -0.2) is 0 Å². The second-order valence-corrected chi connectivity index (χ2v) is 5.38. The van der Waals surface area contributed by atoms with E-state index in [0.29, 0.717) is 0 Å². The van der Waals surface area contributed by atoms with Crippen molar-refractivity contribution in [1.29, 1.82) is 0 Å². The molecule has 8 nitrogen and oxygen atoms in total. The molecule has 9 atom stereocenters. The minimum atomic E-state index is -1.46. The van der Waals surface area contributed by atoms with Gasteiger partial charge in [-0.15, -0.1) is 0 Å². The van der Waals surface area contributed by atoms with Crippen molar-refractivity contribution in [1.82, 2.24) is 0 Å². The molecule has 0 aliphatic carbocycles. The van der Waals surface area contributed by atoms with Gasteiger partial charge in [0.25, 0.3) is 0 Å². The van der Waals surface area contributed by atoms with E-state index in [1.807, 2.05) is 0 Å². The van der Waals surface area contributed by atoms with Crippen molar-refractivity contribution in [2.45, 2.75) is 69.0 Å². The molecule has 0 aromatic heterocycles. The molecule has 2 heterocycles. The van der Waals surface area contributed by atoms with E-state index < -0.39 is 55.1 Å². The van der Waals surface area contributed by atoms with Crippen molar-refractivity contribution >= 4 is 0 Å². The van der Waals surface area contributed by atoms with Gasteiger partial charge in [0.05, 0.1) is 18.8 Å². The Morgan fingerprint density at radius 2 is 1.50 bits per heavy atom. The largest absolute Gasteiger partial charge is 0.388 e. The Labute approximate surface area is 116 Å². The fraction of sp³-hybridized carbons (Fsp3) is 1.00. The zero-order chi connectivity index (χ0) is 15.0. The summed E-state index contributed by atoms with van der Waals surface area (Å²) in [4.78, 5) is 0. The normalized spacial score (nSPS) is 53.9. The minimum Gasteiger partial charge on any atom is -0.388 e. The first-order valence-corrected chi connectivity index (χ1v) is 6.65. The maximum atomic E-state index is 9.90. The van der Waals surface area contributed by atoms with Crippen molar-refractivity contribution in [3.05, 3.63) is 0 Å². The van der Waals surface area contributed by atoms with Gasteiger partial charge in [-0.2, -0.15) is 0 Å². The summed E-state index contributed by atoms with van der Waals surface area (Å²) < 4.78 is 16.0. The van der Waals surface area contributed by atoms with E-state index in [0.717, 1.165) is 0 Å². The lowest BCUT2D eigenvalue weighted by atomic mass is 9.98. The monoisotopic (exact) mass is 294 g/mol. The number of rotatable bonds is 2. The van der Waals surface area contributed by atoms with Crippen molar-refractivity contribution < 1.29 is 39.7 Å². The molecular formula is C12H22O8. The third-order valence-electron chi connectivity index (χ3n) is 3.82. The average Bonchev–Trinajstić information content (AvgIpc) is 2.42. The van der Waals surface area contributed by atoms with Crippen LogP contribution in [0.2, 0.25) is 0 Å². The van der Waals surface area contributed by atoms with E-state index in [1.165, 1.54) is 6.92 Å². The van der Waals surface area contributed by atoms with Crippen molar-refractivity contribution in [3.8, 4) is 0 Å². The lowest BCUT2D eigenvalue weighted by molar-refractivity contribution is -0.329. The SMILES string of the molecule is CC1OC(OC2[C@H](C)OC[C@H](O)[C@H]2O)[C@@H](O)[C@@H](O)C1O. The minimum absolute atomic E-state index is 0.00594. The lowest BCUT2D eigenvalue weighted by Gasteiger charge is -2.43. The smallest absolute Gasteiger partial charge is 0.187 e. The van der Waals surface area contributed by atoms with Crippen LogP contribution in [0.25, 0.3) is 0 Å². The molecular weight excluding hydrogens is 272 g/mol. The van der Waals surface area contributed by atoms with Gasteiger partial charge < -0.3 is 39.7 Å². The molecule has 0 saturated carbocycles. The van der Waals surface area contributed by atoms with Crippen LogP contribution in [-0.4, -0.2) is 87.3 Å². The van der Waals surface area contributed by atoms with Gasteiger partial charge in [0.2, 0.25) is 0 Å². The number of hydrogen-bond donors (Lipinski definition) is 5. The van der Waals surface area contributed by atoms with E-state index in [9.17, 15) is 25.5 Å². The molecule has 0 spiro atoms. The topological polar surface area (TPSA) is 129 Å². The molecule has 2 fully saturated rings. The van der Waals surface area contributed by atoms with Crippen LogP contribution < -0.4 is 0 Å². The first-order valence-electron chi connectivity index (χ1n) is 6.65. The van der Waals surface area contributed by atoms with E-state index >= 15 is 0 Å². The van der Waals surface area contributed by atoms with Gasteiger partial charge in [-0.3, -0.25) is 0 Å². The Bertz CT molecular complexity index is 327. The van der Waals surface area contributed by atoms with Crippen LogP contribution in [0.15, 0.2) is 0 Å². The molecule has 8 heteroatoms. The second kappa shape index (κ2) is 6.20. The molecule has 0 aromatic carbocycles. The van der Waals surface area contributed by atoms with Crippen molar-refractivity contribution in [2.24, 2.45) is 0 Å². The third kappa shape index (κ3) is 2.97. The fourth-order valence-corrected chi connectivity index (χ4v) is 2.41. The Hall–Kier alpha value is -0.320. The van der Waals surface area contributed by atoms with Crippen molar-refractivity contribution in [2.75, 3.05) is 6.61 Å². The summed E-state index contributed by atoms with van der Waals surface area (Å²) in [5.41, 5.74) is 0. The van der Waals surface area contributed by atoms with Crippen LogP contribution >= 0.6 is 0 Å². The zero-order valence-corrected chi connectivity index (χ0v) is 11.4. The highest BCUT2D eigenvalue weighted by Gasteiger charge is 2.46. The molecule has 2 aliphatic rings. The van der Waals surface area contributed by atoms with Crippen LogP contribution in [0.1, 0.15) is 13.8 Å². The summed E-state index contributed by atoms with van der Waals surface area (Å²) >= 11 is 0. The first kappa shape index (κ1) is 16.1. The van der Waals surface area contributed by atoms with Gasteiger partial charge >= 0.3 is 0 Å². The second-order valence-electron chi connectivity index (χ2n) is 5.38. The summed E-state index contributed by atoms with van der Waals surface area (Å²) in [7, 11) is 0.